The molecule has 3 heterocycles. The van der Waals surface area contributed by atoms with Crippen molar-refractivity contribution in [2.24, 2.45) is 4.99 Å². The number of likely N-dealkylation sites (tertiary alicyclic amines) is 1. The first kappa shape index (κ1) is 27.1. The Morgan fingerprint density at radius 1 is 1.12 bits per heavy atom. The van der Waals surface area contributed by atoms with Gasteiger partial charge in [0, 0.05) is 40.7 Å². The molecule has 7 nitrogen and oxygen atoms in total. The van der Waals surface area contributed by atoms with Crippen molar-refractivity contribution >= 4 is 40.9 Å². The number of alkyl halides is 3. The summed E-state index contributed by atoms with van der Waals surface area (Å²) in [5.74, 6) is -1.84. The summed E-state index contributed by atoms with van der Waals surface area (Å²) in [4.78, 5) is 48.6. The van der Waals surface area contributed by atoms with Gasteiger partial charge in [0.05, 0.1) is 5.41 Å². The highest BCUT2D eigenvalue weighted by Crippen LogP contribution is 2.46. The predicted octanol–water partition coefficient (Wildman–Crippen LogP) is 5.27. The molecule has 1 aliphatic carbocycles. The summed E-state index contributed by atoms with van der Waals surface area (Å²) < 4.78 is 40.4. The van der Waals surface area contributed by atoms with Crippen LogP contribution < -0.4 is 5.32 Å². The number of hydrogen-bond acceptors (Lipinski definition) is 4. The topological polar surface area (TPSA) is 91.7 Å². The first-order valence-electron chi connectivity index (χ1n) is 13.1. The maximum absolute atomic E-state index is 13.5. The van der Waals surface area contributed by atoms with Crippen LogP contribution in [0.25, 0.3) is 0 Å². The van der Waals surface area contributed by atoms with Gasteiger partial charge < -0.3 is 10.2 Å². The number of halogens is 4. The second kappa shape index (κ2) is 9.80. The molecule has 1 fully saturated rings. The third-order valence-corrected chi connectivity index (χ3v) is 8.52. The minimum absolute atomic E-state index is 0.0154. The molecule has 1 N–H and O–H groups in total. The van der Waals surface area contributed by atoms with Gasteiger partial charge in [0.15, 0.2) is 0 Å². The van der Waals surface area contributed by atoms with E-state index in [2.05, 4.69) is 15.3 Å². The number of benzene rings is 2. The van der Waals surface area contributed by atoms with E-state index in [-0.39, 0.29) is 23.6 Å². The molecule has 2 aliphatic heterocycles. The maximum Gasteiger partial charge on any atom is 0.406 e. The number of nitrogens with zero attached hydrogens (tertiary/aromatic N) is 3. The summed E-state index contributed by atoms with van der Waals surface area (Å²) in [6, 6.07) is 14.5. The summed E-state index contributed by atoms with van der Waals surface area (Å²) in [5.41, 5.74) is 2.27. The Balaban J connectivity index is 1.31. The van der Waals surface area contributed by atoms with Gasteiger partial charge in [0.1, 0.15) is 18.1 Å². The van der Waals surface area contributed by atoms with Crippen LogP contribution in [0.2, 0.25) is 5.02 Å². The zero-order valence-corrected chi connectivity index (χ0v) is 22.6. The predicted molar refractivity (Wildman–Crippen MR) is 146 cm³/mol. The van der Waals surface area contributed by atoms with E-state index in [9.17, 15) is 27.6 Å². The highest BCUT2D eigenvalue weighted by molar-refractivity contribution is 6.41. The van der Waals surface area contributed by atoms with Crippen molar-refractivity contribution in [2.75, 3.05) is 11.9 Å². The van der Waals surface area contributed by atoms with Crippen LogP contribution in [-0.2, 0) is 27.8 Å². The Morgan fingerprint density at radius 2 is 1.90 bits per heavy atom. The van der Waals surface area contributed by atoms with E-state index in [0.717, 1.165) is 21.6 Å². The first-order chi connectivity index (χ1) is 19.4. The number of fused-ring (bicyclic) bond motifs is 3. The van der Waals surface area contributed by atoms with Crippen molar-refractivity contribution < 1.29 is 27.6 Å². The molecule has 0 saturated carbocycles. The van der Waals surface area contributed by atoms with Crippen molar-refractivity contribution in [3.8, 4) is 0 Å². The Labute approximate surface area is 238 Å². The van der Waals surface area contributed by atoms with E-state index in [1.165, 1.54) is 0 Å². The average molecular weight is 581 g/mol. The standard InChI is InChI=1S/C30H24ClF3N4O3/c1-16-22(17-4-2-5-21(31)11-17)12-24(27(40)38(16)15-30(32,33)34)36-26(39)18-7-8-19-13-29(14-20(19)10-18)23-6-3-9-35-25(23)37-28(29)41/h2-11,16,22H,12-15H2,1H3,(H,35,37,41)/t16-,22-,29-/m1/s1. The van der Waals surface area contributed by atoms with Gasteiger partial charge in [-0.25, -0.2) is 9.98 Å². The number of anilines is 1. The van der Waals surface area contributed by atoms with E-state index in [1.54, 1.807) is 61.7 Å². The molecule has 3 aromatic rings. The van der Waals surface area contributed by atoms with Gasteiger partial charge in [-0.2, -0.15) is 13.2 Å². The van der Waals surface area contributed by atoms with Crippen molar-refractivity contribution in [3.05, 3.63) is 93.6 Å². The molecule has 6 rings (SSSR count). The number of pyridine rings is 1. The van der Waals surface area contributed by atoms with Crippen molar-refractivity contribution in [3.63, 3.8) is 0 Å². The number of rotatable bonds is 3. The smallest absolute Gasteiger partial charge is 0.325 e. The molecule has 3 amide bonds. The van der Waals surface area contributed by atoms with Crippen molar-refractivity contribution in [2.45, 2.75) is 49.7 Å². The summed E-state index contributed by atoms with van der Waals surface area (Å²) in [6.07, 6.45) is -2.24. The highest BCUT2D eigenvalue weighted by atomic mass is 35.5. The second-order valence-electron chi connectivity index (χ2n) is 10.8. The first-order valence-corrected chi connectivity index (χ1v) is 13.5. The van der Waals surface area contributed by atoms with Gasteiger partial charge >= 0.3 is 6.18 Å². The third kappa shape index (κ3) is 4.80. The zero-order valence-electron chi connectivity index (χ0n) is 21.8. The fraction of sp³-hybridized carbons (Fsp3) is 0.300. The quantitative estimate of drug-likeness (QED) is 0.457. The van der Waals surface area contributed by atoms with Crippen LogP contribution in [0, 0.1) is 0 Å². The van der Waals surface area contributed by atoms with Gasteiger partial charge in [-0.3, -0.25) is 14.4 Å². The Bertz CT molecular complexity index is 1640. The zero-order chi connectivity index (χ0) is 29.1. The molecule has 1 spiro atoms. The van der Waals surface area contributed by atoms with E-state index < -0.39 is 41.9 Å². The highest BCUT2D eigenvalue weighted by Gasteiger charge is 2.51. The summed E-state index contributed by atoms with van der Waals surface area (Å²) in [7, 11) is 0. The number of piperidine rings is 1. The summed E-state index contributed by atoms with van der Waals surface area (Å²) in [5, 5.41) is 3.25. The number of aliphatic imine (C=N–C) groups is 1. The van der Waals surface area contributed by atoms with E-state index in [1.807, 2.05) is 6.07 Å². The average Bonchev–Trinajstić information content (AvgIpc) is 3.44. The molecule has 0 unspecified atom stereocenters. The molecule has 3 atom stereocenters. The van der Waals surface area contributed by atoms with Crippen LogP contribution in [0.1, 0.15) is 51.9 Å². The lowest BCUT2D eigenvalue weighted by Gasteiger charge is -2.40. The molecule has 41 heavy (non-hydrogen) atoms. The van der Waals surface area contributed by atoms with E-state index in [0.29, 0.717) is 29.2 Å². The Kier molecular flexibility index (Phi) is 6.48. The maximum atomic E-state index is 13.5. The Morgan fingerprint density at radius 3 is 2.66 bits per heavy atom. The molecule has 3 aliphatic rings. The SMILES string of the molecule is C[C@@H]1[C@H](c2cccc(Cl)c2)CC(=NC(=O)c2ccc3c(c2)C[C@@]2(C3)C(=O)Nc3ncccc32)C(=O)N1CC(F)(F)F. The lowest BCUT2D eigenvalue weighted by atomic mass is 9.79. The minimum Gasteiger partial charge on any atom is -0.325 e. The summed E-state index contributed by atoms with van der Waals surface area (Å²) in [6.45, 7) is 0.0909. The molecule has 2 aromatic carbocycles. The van der Waals surface area contributed by atoms with E-state index in [4.69, 9.17) is 11.6 Å². The van der Waals surface area contributed by atoms with Gasteiger partial charge in [-0.15, -0.1) is 0 Å². The van der Waals surface area contributed by atoms with Crippen molar-refractivity contribution in [1.29, 1.82) is 0 Å². The molecule has 1 aromatic heterocycles. The van der Waals surface area contributed by atoms with E-state index >= 15 is 0 Å². The van der Waals surface area contributed by atoms with Crippen LogP contribution in [-0.4, -0.2) is 52.1 Å². The molecule has 210 valence electrons. The molecule has 0 radical (unpaired) electrons. The number of nitrogens with one attached hydrogen (secondary N) is 1. The fourth-order valence-electron chi connectivity index (χ4n) is 6.26. The molecule has 0 bridgehead atoms. The monoisotopic (exact) mass is 580 g/mol. The van der Waals surface area contributed by atoms with Gasteiger partial charge in [-0.1, -0.05) is 35.9 Å². The minimum atomic E-state index is -4.63. The van der Waals surface area contributed by atoms with Crippen LogP contribution in [0.4, 0.5) is 19.0 Å². The number of amides is 3. The van der Waals surface area contributed by atoms with Gasteiger partial charge in [-0.05, 0) is 66.8 Å². The fourth-order valence-corrected chi connectivity index (χ4v) is 6.46. The van der Waals surface area contributed by atoms with Crippen LogP contribution in [0.3, 0.4) is 0 Å². The van der Waals surface area contributed by atoms with Crippen LogP contribution in [0.5, 0.6) is 0 Å². The van der Waals surface area contributed by atoms with Gasteiger partial charge in [0.25, 0.3) is 11.8 Å². The largest absolute Gasteiger partial charge is 0.406 e. The van der Waals surface area contributed by atoms with Crippen LogP contribution in [0.15, 0.2) is 65.8 Å². The lowest BCUT2D eigenvalue weighted by Crippen LogP contribution is -2.54. The summed E-state index contributed by atoms with van der Waals surface area (Å²) >= 11 is 6.14. The number of carbonyl (C=O) groups is 3. The van der Waals surface area contributed by atoms with Crippen LogP contribution >= 0.6 is 11.6 Å². The normalized spacial score (nSPS) is 24.5. The second-order valence-corrected chi connectivity index (χ2v) is 11.2. The number of carbonyl (C=O) groups excluding carboxylic acids is 3. The number of aromatic nitrogens is 1. The number of hydrogen-bond donors (Lipinski definition) is 1. The Hall–Kier alpha value is -4.05. The molecule has 1 saturated heterocycles. The third-order valence-electron chi connectivity index (χ3n) is 8.29. The lowest BCUT2D eigenvalue weighted by molar-refractivity contribution is -0.163. The molecular weight excluding hydrogens is 557 g/mol. The molecular formula is C30H24ClF3N4O3. The molecule has 11 heteroatoms. The van der Waals surface area contributed by atoms with Crippen molar-refractivity contribution in [1.82, 2.24) is 9.88 Å². The van der Waals surface area contributed by atoms with Gasteiger partial charge in [0.2, 0.25) is 5.91 Å².